The molecule has 0 amide bonds. The number of carbonyl (C=O) groups is 1. The maximum Gasteiger partial charge on any atom is 0.320 e. The van der Waals surface area contributed by atoms with Crippen molar-refractivity contribution in [3.8, 4) is 0 Å². The van der Waals surface area contributed by atoms with Gasteiger partial charge in [-0.15, -0.1) is 12.4 Å². The third-order valence-electron chi connectivity index (χ3n) is 1.98. The Kier molecular flexibility index (Phi) is 4.52. The summed E-state index contributed by atoms with van der Waals surface area (Å²) in [4.78, 5) is 10.2. The number of hydrogen-bond acceptors (Lipinski definition) is 3. The molecule has 0 aromatic carbocycles. The predicted molar refractivity (Wildman–Crippen MR) is 46.2 cm³/mol. The Balaban J connectivity index is 0.00000121. The number of nitrogens with two attached hydrogens (primary N) is 1. The molecule has 1 aliphatic carbocycles. The van der Waals surface area contributed by atoms with Crippen LogP contribution in [0.3, 0.4) is 0 Å². The fraction of sp³-hybridized carbons (Fsp3) is 0.857. The molecule has 4 nitrogen and oxygen atoms in total. The largest absolute Gasteiger partial charge is 0.480 e. The van der Waals surface area contributed by atoms with Crippen molar-refractivity contribution in [2.24, 2.45) is 11.7 Å². The average molecular weight is 196 g/mol. The molecule has 1 rings (SSSR count). The van der Waals surface area contributed by atoms with Crippen LogP contribution in [0.4, 0.5) is 0 Å². The number of halogens is 1. The number of rotatable bonds is 4. The molecule has 72 valence electrons. The first kappa shape index (κ1) is 11.7. The molecule has 0 bridgehead atoms. The summed E-state index contributed by atoms with van der Waals surface area (Å²) in [6.45, 7) is 0. The zero-order valence-corrected chi connectivity index (χ0v) is 7.46. The fourth-order valence-corrected chi connectivity index (χ4v) is 1.03. The zero-order valence-electron chi connectivity index (χ0n) is 6.64. The molecule has 5 heteroatoms. The Labute approximate surface area is 77.2 Å². The molecule has 1 aliphatic rings. The topological polar surface area (TPSA) is 83.5 Å². The molecular weight excluding hydrogens is 182 g/mol. The van der Waals surface area contributed by atoms with E-state index >= 15 is 0 Å². The molecule has 1 fully saturated rings. The van der Waals surface area contributed by atoms with Gasteiger partial charge >= 0.3 is 5.97 Å². The van der Waals surface area contributed by atoms with Gasteiger partial charge in [0.1, 0.15) is 6.04 Å². The highest BCUT2D eigenvalue weighted by Crippen LogP contribution is 2.34. The van der Waals surface area contributed by atoms with E-state index in [2.05, 4.69) is 0 Å². The van der Waals surface area contributed by atoms with Gasteiger partial charge in [0, 0.05) is 0 Å². The van der Waals surface area contributed by atoms with Crippen molar-refractivity contribution in [2.45, 2.75) is 31.4 Å². The highest BCUT2D eigenvalue weighted by molar-refractivity contribution is 5.85. The summed E-state index contributed by atoms with van der Waals surface area (Å²) in [6.07, 6.45) is 1.68. The lowest BCUT2D eigenvalue weighted by molar-refractivity contribution is -0.139. The number of aliphatic hydroxyl groups is 1. The van der Waals surface area contributed by atoms with Gasteiger partial charge in [-0.25, -0.2) is 0 Å². The summed E-state index contributed by atoms with van der Waals surface area (Å²) in [5.41, 5.74) is 5.22. The second-order valence-electron chi connectivity index (χ2n) is 3.09. The van der Waals surface area contributed by atoms with Gasteiger partial charge in [-0.1, -0.05) is 0 Å². The summed E-state index contributed by atoms with van der Waals surface area (Å²) in [6, 6.07) is -0.911. The van der Waals surface area contributed by atoms with Gasteiger partial charge in [0.15, 0.2) is 0 Å². The summed E-state index contributed by atoms with van der Waals surface area (Å²) in [5.74, 6) is -0.731. The van der Waals surface area contributed by atoms with Crippen LogP contribution < -0.4 is 5.73 Å². The summed E-state index contributed by atoms with van der Waals surface area (Å²) >= 11 is 0. The molecule has 0 aromatic rings. The van der Waals surface area contributed by atoms with Crippen molar-refractivity contribution in [3.63, 3.8) is 0 Å². The highest BCUT2D eigenvalue weighted by atomic mass is 35.5. The van der Waals surface area contributed by atoms with Crippen LogP contribution in [0.2, 0.25) is 0 Å². The number of carboxylic acids is 1. The molecule has 4 N–H and O–H groups in total. The Hall–Kier alpha value is -0.320. The van der Waals surface area contributed by atoms with Gasteiger partial charge in [-0.05, 0) is 25.2 Å². The third-order valence-corrected chi connectivity index (χ3v) is 1.98. The third kappa shape index (κ3) is 3.38. The first-order chi connectivity index (χ1) is 5.11. The van der Waals surface area contributed by atoms with Gasteiger partial charge in [0.25, 0.3) is 0 Å². The number of carboxylic acid groups (broad SMARTS) is 1. The Morgan fingerprint density at radius 3 is 2.42 bits per heavy atom. The van der Waals surface area contributed by atoms with Gasteiger partial charge in [0.2, 0.25) is 0 Å². The highest BCUT2D eigenvalue weighted by Gasteiger charge is 2.31. The maximum atomic E-state index is 10.2. The Morgan fingerprint density at radius 1 is 1.58 bits per heavy atom. The van der Waals surface area contributed by atoms with Crippen molar-refractivity contribution < 1.29 is 15.0 Å². The van der Waals surface area contributed by atoms with Crippen LogP contribution in [0.15, 0.2) is 0 Å². The molecular formula is C7H14ClNO3. The van der Waals surface area contributed by atoms with E-state index in [1.165, 1.54) is 0 Å². The van der Waals surface area contributed by atoms with E-state index in [4.69, 9.17) is 10.8 Å². The zero-order chi connectivity index (χ0) is 8.43. The molecule has 0 radical (unpaired) electrons. The van der Waals surface area contributed by atoms with E-state index in [1.807, 2.05) is 0 Å². The van der Waals surface area contributed by atoms with E-state index in [0.29, 0.717) is 5.92 Å². The van der Waals surface area contributed by atoms with Crippen molar-refractivity contribution >= 4 is 18.4 Å². The molecule has 0 heterocycles. The minimum absolute atomic E-state index is 0. The molecule has 12 heavy (non-hydrogen) atoms. The SMILES string of the molecule is Cl.NC(CC(O)C1CC1)C(=O)O. The summed E-state index contributed by atoms with van der Waals surface area (Å²) in [5, 5.41) is 17.7. The normalized spacial score (nSPS) is 20.8. The summed E-state index contributed by atoms with van der Waals surface area (Å²) in [7, 11) is 0. The molecule has 0 aliphatic heterocycles. The average Bonchev–Trinajstić information content (AvgIpc) is 2.67. The molecule has 2 atom stereocenters. The lowest BCUT2D eigenvalue weighted by Gasteiger charge is -2.11. The fourth-order valence-electron chi connectivity index (χ4n) is 1.03. The van der Waals surface area contributed by atoms with Crippen LogP contribution in [-0.2, 0) is 4.79 Å². The van der Waals surface area contributed by atoms with E-state index < -0.39 is 18.1 Å². The van der Waals surface area contributed by atoms with E-state index in [9.17, 15) is 9.90 Å². The number of aliphatic carboxylic acids is 1. The number of aliphatic hydroxyl groups excluding tert-OH is 1. The minimum atomic E-state index is -1.04. The van der Waals surface area contributed by atoms with Crippen molar-refractivity contribution in [3.05, 3.63) is 0 Å². The molecule has 2 unspecified atom stereocenters. The molecule has 0 spiro atoms. The number of hydrogen-bond donors (Lipinski definition) is 3. The Morgan fingerprint density at radius 2 is 2.08 bits per heavy atom. The second-order valence-corrected chi connectivity index (χ2v) is 3.09. The standard InChI is InChI=1S/C7H13NO3.ClH/c8-5(7(10)11)3-6(9)4-1-2-4;/h4-6,9H,1-3,8H2,(H,10,11);1H. The second kappa shape index (κ2) is 4.64. The maximum absolute atomic E-state index is 10.2. The summed E-state index contributed by atoms with van der Waals surface area (Å²) < 4.78 is 0. The van der Waals surface area contributed by atoms with Crippen LogP contribution in [0.25, 0.3) is 0 Å². The van der Waals surface area contributed by atoms with Crippen molar-refractivity contribution in [2.75, 3.05) is 0 Å². The predicted octanol–water partition coefficient (Wildman–Crippen LogP) is -0.0189. The molecule has 1 saturated carbocycles. The first-order valence-corrected chi connectivity index (χ1v) is 3.77. The lowest BCUT2D eigenvalue weighted by atomic mass is 10.1. The van der Waals surface area contributed by atoms with Crippen molar-refractivity contribution in [1.82, 2.24) is 0 Å². The minimum Gasteiger partial charge on any atom is -0.480 e. The Bertz CT molecular complexity index is 161. The van der Waals surface area contributed by atoms with E-state index in [0.717, 1.165) is 12.8 Å². The van der Waals surface area contributed by atoms with Gasteiger partial charge in [-0.3, -0.25) is 4.79 Å². The monoisotopic (exact) mass is 195 g/mol. The van der Waals surface area contributed by atoms with Crippen LogP contribution >= 0.6 is 12.4 Å². The smallest absolute Gasteiger partial charge is 0.320 e. The van der Waals surface area contributed by atoms with Gasteiger partial charge in [-0.2, -0.15) is 0 Å². The van der Waals surface area contributed by atoms with Gasteiger partial charge in [0.05, 0.1) is 6.10 Å². The van der Waals surface area contributed by atoms with E-state index in [-0.39, 0.29) is 18.8 Å². The van der Waals surface area contributed by atoms with Crippen LogP contribution in [-0.4, -0.2) is 28.3 Å². The molecule has 0 saturated heterocycles. The van der Waals surface area contributed by atoms with Crippen LogP contribution in [0, 0.1) is 5.92 Å². The molecule has 0 aromatic heterocycles. The lowest BCUT2D eigenvalue weighted by Crippen LogP contribution is -2.34. The van der Waals surface area contributed by atoms with Crippen LogP contribution in [0.1, 0.15) is 19.3 Å². The van der Waals surface area contributed by atoms with Crippen molar-refractivity contribution in [1.29, 1.82) is 0 Å². The van der Waals surface area contributed by atoms with Gasteiger partial charge < -0.3 is 15.9 Å². The van der Waals surface area contributed by atoms with E-state index in [1.54, 1.807) is 0 Å². The van der Waals surface area contributed by atoms with Crippen LogP contribution in [0.5, 0.6) is 0 Å². The first-order valence-electron chi connectivity index (χ1n) is 3.77. The quantitative estimate of drug-likeness (QED) is 0.589.